The van der Waals surface area contributed by atoms with E-state index in [1.165, 1.54) is 30.5 Å². The molecule has 10 heteroatoms. The zero-order valence-corrected chi connectivity index (χ0v) is 17.6. The minimum atomic E-state index is -4.00. The van der Waals surface area contributed by atoms with E-state index < -0.39 is 36.1 Å². The van der Waals surface area contributed by atoms with Crippen molar-refractivity contribution < 1.29 is 21.2 Å². The summed E-state index contributed by atoms with van der Waals surface area (Å²) in [4.78, 5) is 7.98. The number of pyridine rings is 2. The molecule has 6 nitrogen and oxygen atoms in total. The normalized spacial score (nSPS) is 12.1. The lowest BCUT2D eigenvalue weighted by atomic mass is 10.2. The van der Waals surface area contributed by atoms with Gasteiger partial charge in [-0.25, -0.2) is 21.2 Å². The molecule has 0 aliphatic rings. The van der Waals surface area contributed by atoms with Gasteiger partial charge in [0, 0.05) is 24.6 Å². The number of aryl methyl sites for hydroxylation is 1. The Balaban J connectivity index is 1.97. The molecule has 0 saturated carbocycles. The van der Waals surface area contributed by atoms with Crippen LogP contribution >= 0.6 is 11.6 Å². The van der Waals surface area contributed by atoms with Crippen LogP contribution < -0.4 is 0 Å². The third kappa shape index (κ3) is 4.98. The Labute approximate surface area is 173 Å². The van der Waals surface area contributed by atoms with Crippen LogP contribution in [-0.2, 0) is 26.1 Å². The van der Waals surface area contributed by atoms with Crippen molar-refractivity contribution in [2.75, 3.05) is 12.0 Å². The van der Waals surface area contributed by atoms with Crippen molar-refractivity contribution >= 4 is 31.3 Å². The summed E-state index contributed by atoms with van der Waals surface area (Å²) in [6, 6.07) is 11.5. The summed E-state index contributed by atoms with van der Waals surface area (Å²) in [5.41, 5.74) is 0.984. The molecule has 3 rings (SSSR count). The van der Waals surface area contributed by atoms with E-state index in [1.54, 1.807) is 18.2 Å². The predicted octanol–water partition coefficient (Wildman–Crippen LogP) is 3.36. The Morgan fingerprint density at radius 1 is 1.00 bits per heavy atom. The van der Waals surface area contributed by atoms with Crippen LogP contribution in [0, 0.1) is 5.82 Å². The minimum absolute atomic E-state index is 0.00510. The molecule has 0 radical (unpaired) electrons. The minimum Gasteiger partial charge on any atom is -0.255 e. The van der Waals surface area contributed by atoms with E-state index in [9.17, 15) is 21.2 Å². The molecule has 3 aromatic rings. The van der Waals surface area contributed by atoms with Crippen molar-refractivity contribution in [1.29, 1.82) is 0 Å². The number of sulfone groups is 2. The highest BCUT2D eigenvalue weighted by Gasteiger charge is 2.22. The van der Waals surface area contributed by atoms with Crippen LogP contribution in [0.4, 0.5) is 4.39 Å². The zero-order valence-electron chi connectivity index (χ0n) is 15.2. The first kappa shape index (κ1) is 21.4. The predicted molar refractivity (Wildman–Crippen MR) is 108 cm³/mol. The Morgan fingerprint density at radius 2 is 1.76 bits per heavy atom. The highest BCUT2D eigenvalue weighted by molar-refractivity contribution is 7.91. The van der Waals surface area contributed by atoms with Crippen LogP contribution in [-0.4, -0.2) is 38.8 Å². The van der Waals surface area contributed by atoms with Crippen LogP contribution in [0.1, 0.15) is 5.69 Å². The van der Waals surface area contributed by atoms with E-state index >= 15 is 0 Å². The van der Waals surface area contributed by atoms with Crippen molar-refractivity contribution in [3.05, 3.63) is 71.3 Å². The molecule has 0 unspecified atom stereocenters. The van der Waals surface area contributed by atoms with E-state index in [1.807, 2.05) is 0 Å². The van der Waals surface area contributed by atoms with Crippen LogP contribution in [0.25, 0.3) is 11.4 Å². The molecule has 0 atom stereocenters. The van der Waals surface area contributed by atoms with Crippen molar-refractivity contribution in [2.45, 2.75) is 16.2 Å². The Bertz CT molecular complexity index is 1260. The van der Waals surface area contributed by atoms with E-state index in [2.05, 4.69) is 9.97 Å². The largest absolute Gasteiger partial charge is 0.255 e. The summed E-state index contributed by atoms with van der Waals surface area (Å²) in [6.07, 6.45) is 2.47. The maximum Gasteiger partial charge on any atom is 0.181 e. The van der Waals surface area contributed by atoms with Gasteiger partial charge in [0.25, 0.3) is 0 Å². The van der Waals surface area contributed by atoms with Gasteiger partial charge in [0.1, 0.15) is 4.90 Å². The molecule has 0 spiro atoms. The number of halogens is 2. The fourth-order valence-corrected chi connectivity index (χ4v) is 4.89. The molecule has 0 amide bonds. The van der Waals surface area contributed by atoms with Gasteiger partial charge in [-0.2, -0.15) is 0 Å². The van der Waals surface area contributed by atoms with Gasteiger partial charge in [0.05, 0.1) is 27.1 Å². The van der Waals surface area contributed by atoms with Gasteiger partial charge in [-0.3, -0.25) is 9.97 Å². The number of aromatic nitrogens is 2. The van der Waals surface area contributed by atoms with Crippen molar-refractivity contribution in [2.24, 2.45) is 0 Å². The summed E-state index contributed by atoms with van der Waals surface area (Å²) >= 11 is 5.67. The second-order valence-electron chi connectivity index (χ2n) is 6.29. The molecule has 0 saturated heterocycles. The summed E-state index contributed by atoms with van der Waals surface area (Å²) in [6.45, 7) is 0. The van der Waals surface area contributed by atoms with Gasteiger partial charge in [-0.05, 0) is 36.4 Å². The lowest BCUT2D eigenvalue weighted by Gasteiger charge is -2.09. The molecule has 0 bridgehead atoms. The van der Waals surface area contributed by atoms with Gasteiger partial charge in [-0.1, -0.05) is 23.7 Å². The van der Waals surface area contributed by atoms with Crippen molar-refractivity contribution in [1.82, 2.24) is 9.97 Å². The monoisotopic (exact) mass is 454 g/mol. The smallest absolute Gasteiger partial charge is 0.181 e. The fourth-order valence-electron chi connectivity index (χ4n) is 2.62. The van der Waals surface area contributed by atoms with Gasteiger partial charge in [0.2, 0.25) is 0 Å². The average molecular weight is 455 g/mol. The van der Waals surface area contributed by atoms with E-state index in [-0.39, 0.29) is 22.0 Å². The molecule has 0 fully saturated rings. The lowest BCUT2D eigenvalue weighted by molar-refractivity contribution is 0.566. The molecule has 152 valence electrons. The highest BCUT2D eigenvalue weighted by Crippen LogP contribution is 2.24. The maximum atomic E-state index is 14.1. The first-order chi connectivity index (χ1) is 13.6. The van der Waals surface area contributed by atoms with E-state index in [0.717, 1.165) is 12.3 Å². The highest BCUT2D eigenvalue weighted by atomic mass is 35.5. The van der Waals surface area contributed by atoms with Gasteiger partial charge >= 0.3 is 0 Å². The molecular formula is C19H16ClFN2O4S2. The van der Waals surface area contributed by atoms with Gasteiger partial charge < -0.3 is 0 Å². The Kier molecular flexibility index (Phi) is 6.02. The molecule has 0 aliphatic heterocycles. The molecular weight excluding hydrogens is 439 g/mol. The van der Waals surface area contributed by atoms with E-state index in [4.69, 9.17) is 11.6 Å². The van der Waals surface area contributed by atoms with Gasteiger partial charge in [0.15, 0.2) is 25.5 Å². The topological polar surface area (TPSA) is 94.1 Å². The number of hydrogen-bond donors (Lipinski definition) is 0. The first-order valence-corrected chi connectivity index (χ1v) is 12.3. The molecule has 2 heterocycles. The van der Waals surface area contributed by atoms with Crippen molar-refractivity contribution in [3.63, 3.8) is 0 Å². The zero-order chi connectivity index (χ0) is 21.2. The molecule has 2 aromatic heterocycles. The molecule has 0 aliphatic carbocycles. The van der Waals surface area contributed by atoms with Crippen LogP contribution in [0.5, 0.6) is 0 Å². The number of nitrogens with zero attached hydrogens (tertiary/aromatic N) is 2. The van der Waals surface area contributed by atoms with Crippen LogP contribution in [0.15, 0.2) is 64.5 Å². The van der Waals surface area contributed by atoms with Crippen LogP contribution in [0.2, 0.25) is 5.02 Å². The number of hydrogen-bond acceptors (Lipinski definition) is 6. The summed E-state index contributed by atoms with van der Waals surface area (Å²) < 4.78 is 63.3. The quantitative estimate of drug-likeness (QED) is 0.567. The second-order valence-corrected chi connectivity index (χ2v) is 10.8. The average Bonchev–Trinajstić information content (AvgIpc) is 2.68. The summed E-state index contributed by atoms with van der Waals surface area (Å²) in [5, 5.41) is -0.291. The lowest BCUT2D eigenvalue weighted by Crippen LogP contribution is -2.13. The second kappa shape index (κ2) is 8.17. The molecule has 29 heavy (non-hydrogen) atoms. The fraction of sp³-hybridized carbons (Fsp3) is 0.158. The first-order valence-electron chi connectivity index (χ1n) is 8.37. The number of rotatable bonds is 6. The summed E-state index contributed by atoms with van der Waals surface area (Å²) in [7, 11) is -7.57. The third-order valence-electron chi connectivity index (χ3n) is 4.09. The third-order valence-corrected chi connectivity index (χ3v) is 7.20. The van der Waals surface area contributed by atoms with Gasteiger partial charge in [-0.15, -0.1) is 0 Å². The maximum absolute atomic E-state index is 14.1. The number of benzene rings is 1. The van der Waals surface area contributed by atoms with E-state index in [0.29, 0.717) is 11.4 Å². The Morgan fingerprint density at radius 3 is 2.41 bits per heavy atom. The van der Waals surface area contributed by atoms with Crippen molar-refractivity contribution in [3.8, 4) is 11.4 Å². The molecule has 1 aromatic carbocycles. The Hall–Kier alpha value is -2.36. The molecule has 0 N–H and O–H groups in total. The SMILES string of the molecule is CS(=O)(=O)c1cc(CCS(=O)(=O)c2cccc(Cl)c2F)nc(-c2ccccn2)c1. The summed E-state index contributed by atoms with van der Waals surface area (Å²) in [5.74, 6) is -1.48. The van der Waals surface area contributed by atoms with Crippen LogP contribution in [0.3, 0.4) is 0 Å². The standard InChI is InChI=1S/C19H16ClFN2O4S2/c1-28(24,25)14-11-13(23-17(12-14)16-6-2-3-9-22-16)8-10-29(26,27)18-7-4-5-15(20)19(18)21/h2-7,9,11-12H,8,10H2,1H3.